The predicted octanol–water partition coefficient (Wildman–Crippen LogP) is 2.79. The molecule has 20 heavy (non-hydrogen) atoms. The Hall–Kier alpha value is -1.37. The van der Waals surface area contributed by atoms with Gasteiger partial charge < -0.3 is 5.11 Å². The Morgan fingerprint density at radius 1 is 1.40 bits per heavy atom. The minimum atomic E-state index is -0.204. The molecule has 1 aromatic carbocycles. The molecule has 108 valence electrons. The first-order chi connectivity index (χ1) is 9.60. The van der Waals surface area contributed by atoms with E-state index in [1.807, 2.05) is 12.1 Å². The molecule has 0 unspecified atom stereocenters. The van der Waals surface area contributed by atoms with E-state index in [4.69, 9.17) is 5.11 Å². The van der Waals surface area contributed by atoms with E-state index >= 15 is 0 Å². The molecule has 0 spiro atoms. The molecule has 2 nitrogen and oxygen atoms in total. The normalized spacial score (nSPS) is 14.5. The third kappa shape index (κ3) is 4.33. The average molecular weight is 275 g/mol. The summed E-state index contributed by atoms with van der Waals surface area (Å²) in [6.07, 6.45) is 2.46. The first-order valence-corrected chi connectivity index (χ1v) is 7.22. The molecule has 0 heterocycles. The van der Waals surface area contributed by atoms with E-state index < -0.39 is 0 Å². The molecule has 2 rings (SSSR count). The van der Waals surface area contributed by atoms with E-state index in [9.17, 15) is 4.39 Å². The lowest BCUT2D eigenvalue weighted by Gasteiger charge is -2.24. The number of rotatable bonds is 5. The zero-order valence-electron chi connectivity index (χ0n) is 12.2. The quantitative estimate of drug-likeness (QED) is 0.835. The molecule has 0 aromatic heterocycles. The van der Waals surface area contributed by atoms with E-state index in [0.717, 1.165) is 12.1 Å². The summed E-state index contributed by atoms with van der Waals surface area (Å²) in [4.78, 5) is 2.38. The van der Waals surface area contributed by atoms with E-state index in [1.54, 1.807) is 0 Å². The van der Waals surface area contributed by atoms with Crippen molar-refractivity contribution in [3.63, 3.8) is 0 Å². The number of hydrogen-bond donors (Lipinski definition) is 1. The summed E-state index contributed by atoms with van der Waals surface area (Å²) in [5.41, 5.74) is 1.34. The van der Waals surface area contributed by atoms with Crippen molar-refractivity contribution in [1.29, 1.82) is 0 Å². The summed E-state index contributed by atoms with van der Waals surface area (Å²) in [6, 6.07) is 5.72. The van der Waals surface area contributed by atoms with Gasteiger partial charge in [-0.2, -0.15) is 0 Å². The zero-order chi connectivity index (χ0) is 14.5. The molecule has 0 atom stereocenters. The molecule has 1 aliphatic rings. The Bertz CT molecular complexity index is 511. The van der Waals surface area contributed by atoms with Crippen molar-refractivity contribution in [2.24, 2.45) is 5.92 Å². The summed E-state index contributed by atoms with van der Waals surface area (Å²) >= 11 is 0. The summed E-state index contributed by atoms with van der Waals surface area (Å²) in [5.74, 6) is 5.65. The molecule has 0 aliphatic heterocycles. The van der Waals surface area contributed by atoms with Crippen molar-refractivity contribution in [2.75, 3.05) is 13.2 Å². The van der Waals surface area contributed by atoms with Gasteiger partial charge in [0.15, 0.2) is 0 Å². The predicted molar refractivity (Wildman–Crippen MR) is 78.6 cm³/mol. The van der Waals surface area contributed by atoms with Gasteiger partial charge in [-0.05, 0) is 30.9 Å². The Balaban J connectivity index is 2.07. The number of hydrogen-bond acceptors (Lipinski definition) is 2. The minimum Gasteiger partial charge on any atom is -0.384 e. The fourth-order valence-corrected chi connectivity index (χ4v) is 2.37. The van der Waals surface area contributed by atoms with Gasteiger partial charge in [0.1, 0.15) is 12.4 Å². The molecule has 0 radical (unpaired) electrons. The van der Waals surface area contributed by atoms with Crippen molar-refractivity contribution in [1.82, 2.24) is 4.90 Å². The maximum Gasteiger partial charge on any atom is 0.128 e. The van der Waals surface area contributed by atoms with Gasteiger partial charge in [0.2, 0.25) is 0 Å². The second-order valence-electron chi connectivity index (χ2n) is 5.82. The first kappa shape index (κ1) is 15.0. The lowest BCUT2D eigenvalue weighted by molar-refractivity contribution is 0.223. The summed E-state index contributed by atoms with van der Waals surface area (Å²) in [6.45, 7) is 5.87. The van der Waals surface area contributed by atoms with Gasteiger partial charge in [0, 0.05) is 30.3 Å². The maximum absolute atomic E-state index is 14.1. The van der Waals surface area contributed by atoms with Crippen LogP contribution in [0.3, 0.4) is 0 Å². The van der Waals surface area contributed by atoms with Crippen LogP contribution in [0.15, 0.2) is 18.2 Å². The van der Waals surface area contributed by atoms with E-state index in [1.165, 1.54) is 18.9 Å². The number of benzene rings is 1. The van der Waals surface area contributed by atoms with Crippen molar-refractivity contribution in [2.45, 2.75) is 39.3 Å². The number of nitrogens with zero attached hydrogens (tertiary/aromatic N) is 1. The fraction of sp³-hybridized carbons (Fsp3) is 0.529. The molecule has 0 bridgehead atoms. The lowest BCUT2D eigenvalue weighted by Crippen LogP contribution is -2.29. The van der Waals surface area contributed by atoms with E-state index in [0.29, 0.717) is 24.1 Å². The van der Waals surface area contributed by atoms with E-state index in [-0.39, 0.29) is 12.4 Å². The number of aliphatic hydroxyl groups is 1. The van der Waals surface area contributed by atoms with Gasteiger partial charge in [-0.1, -0.05) is 31.8 Å². The van der Waals surface area contributed by atoms with Crippen LogP contribution in [0.1, 0.15) is 37.8 Å². The highest BCUT2D eigenvalue weighted by atomic mass is 19.1. The van der Waals surface area contributed by atoms with Crippen molar-refractivity contribution < 1.29 is 9.50 Å². The van der Waals surface area contributed by atoms with Gasteiger partial charge in [0.25, 0.3) is 0 Å². The van der Waals surface area contributed by atoms with Crippen molar-refractivity contribution in [3.8, 4) is 11.8 Å². The highest BCUT2D eigenvalue weighted by molar-refractivity contribution is 5.37. The highest BCUT2D eigenvalue weighted by Crippen LogP contribution is 2.29. The van der Waals surface area contributed by atoms with Crippen LogP contribution in [0.25, 0.3) is 0 Å². The summed E-state index contributed by atoms with van der Waals surface area (Å²) in [7, 11) is 0. The Morgan fingerprint density at radius 2 is 2.15 bits per heavy atom. The number of halogens is 1. The largest absolute Gasteiger partial charge is 0.384 e. The van der Waals surface area contributed by atoms with Crippen molar-refractivity contribution >= 4 is 0 Å². The Morgan fingerprint density at radius 3 is 2.70 bits per heavy atom. The molecule has 1 aromatic rings. The van der Waals surface area contributed by atoms with Gasteiger partial charge in [-0.3, -0.25) is 4.90 Å². The van der Waals surface area contributed by atoms with Gasteiger partial charge in [-0.25, -0.2) is 4.39 Å². The maximum atomic E-state index is 14.1. The van der Waals surface area contributed by atoms with Gasteiger partial charge in [-0.15, -0.1) is 0 Å². The van der Waals surface area contributed by atoms with Crippen LogP contribution in [-0.2, 0) is 6.54 Å². The van der Waals surface area contributed by atoms with Crippen LogP contribution in [0.5, 0.6) is 0 Å². The van der Waals surface area contributed by atoms with Crippen LogP contribution in [0, 0.1) is 23.6 Å². The smallest absolute Gasteiger partial charge is 0.128 e. The lowest BCUT2D eigenvalue weighted by atomic mass is 10.1. The highest BCUT2D eigenvalue weighted by Gasteiger charge is 2.29. The van der Waals surface area contributed by atoms with Crippen LogP contribution < -0.4 is 0 Å². The monoisotopic (exact) mass is 275 g/mol. The second-order valence-corrected chi connectivity index (χ2v) is 5.82. The number of aliphatic hydroxyl groups excluding tert-OH is 1. The Kier molecular flexibility index (Phi) is 5.17. The second kappa shape index (κ2) is 6.88. The molecule has 0 amide bonds. The van der Waals surface area contributed by atoms with Crippen LogP contribution in [-0.4, -0.2) is 29.2 Å². The molecule has 1 N–H and O–H groups in total. The molecule has 1 fully saturated rings. The standard InChI is InChI=1S/C17H22FNO/c1-13(2)11-19(16-7-8-16)12-15-6-5-14(4-3-9-20)10-17(15)18/h5-6,10,13,16,20H,7-9,11-12H2,1-2H3. The average Bonchev–Trinajstić information content (AvgIpc) is 3.22. The molecule has 3 heteroatoms. The van der Waals surface area contributed by atoms with Crippen molar-refractivity contribution in [3.05, 3.63) is 35.1 Å². The molecular formula is C17H22FNO. The Labute approximate surface area is 120 Å². The molecule has 1 aliphatic carbocycles. The summed E-state index contributed by atoms with van der Waals surface area (Å²) in [5, 5.41) is 8.65. The topological polar surface area (TPSA) is 23.5 Å². The van der Waals surface area contributed by atoms with E-state index in [2.05, 4.69) is 30.6 Å². The molecule has 0 saturated heterocycles. The van der Waals surface area contributed by atoms with Gasteiger partial charge in [0.05, 0.1) is 0 Å². The SMILES string of the molecule is CC(C)CN(Cc1ccc(C#CCO)cc1F)C1CC1. The van der Waals surface area contributed by atoms with Crippen LogP contribution in [0.4, 0.5) is 4.39 Å². The van der Waals surface area contributed by atoms with Gasteiger partial charge >= 0.3 is 0 Å². The van der Waals surface area contributed by atoms with Crippen LogP contribution in [0.2, 0.25) is 0 Å². The zero-order valence-corrected chi connectivity index (χ0v) is 12.2. The third-order valence-electron chi connectivity index (χ3n) is 3.40. The third-order valence-corrected chi connectivity index (χ3v) is 3.40. The summed E-state index contributed by atoms with van der Waals surface area (Å²) < 4.78 is 14.1. The van der Waals surface area contributed by atoms with Crippen LogP contribution >= 0.6 is 0 Å². The molecular weight excluding hydrogens is 253 g/mol. The fourth-order valence-electron chi connectivity index (χ4n) is 2.37. The minimum absolute atomic E-state index is 0.201. The molecule has 1 saturated carbocycles. The first-order valence-electron chi connectivity index (χ1n) is 7.22.